The fourth-order valence-electron chi connectivity index (χ4n) is 1.64. The summed E-state index contributed by atoms with van der Waals surface area (Å²) < 4.78 is 10.9. The molecule has 0 heterocycles. The van der Waals surface area contributed by atoms with Crippen LogP contribution in [0.4, 0.5) is 0 Å². The molecule has 0 saturated heterocycles. The lowest BCUT2D eigenvalue weighted by atomic mass is 10.2. The van der Waals surface area contributed by atoms with E-state index in [1.54, 1.807) is 21.1 Å². The van der Waals surface area contributed by atoms with Crippen molar-refractivity contribution in [1.29, 1.82) is 0 Å². The van der Waals surface area contributed by atoms with E-state index in [4.69, 9.17) is 9.47 Å². The van der Waals surface area contributed by atoms with Crippen molar-refractivity contribution in [3.8, 4) is 11.5 Å². The topological polar surface area (TPSA) is 59.6 Å². The van der Waals surface area contributed by atoms with Crippen LogP contribution in [0, 0.1) is 0 Å². The predicted octanol–water partition coefficient (Wildman–Crippen LogP) is 1.32. The summed E-state index contributed by atoms with van der Waals surface area (Å²) in [6.45, 7) is 5.41. The maximum atomic E-state index is 11.5. The molecule has 1 aromatic carbocycles. The number of hydrogen-bond donors (Lipinski definition) is 2. The molecular weight excluding hydrogens is 244 g/mol. The number of ether oxygens (including phenoxy) is 2. The zero-order chi connectivity index (χ0) is 14.3. The van der Waals surface area contributed by atoms with Crippen LogP contribution in [-0.2, 0) is 11.3 Å². The summed E-state index contributed by atoms with van der Waals surface area (Å²) >= 11 is 0. The number of amides is 1. The van der Waals surface area contributed by atoms with E-state index in [9.17, 15) is 4.79 Å². The number of methoxy groups -OCH3 is 1. The van der Waals surface area contributed by atoms with Crippen LogP contribution in [-0.4, -0.2) is 32.7 Å². The highest BCUT2D eigenvalue weighted by molar-refractivity contribution is 5.80. The molecule has 0 aliphatic heterocycles. The van der Waals surface area contributed by atoms with Crippen LogP contribution in [0.5, 0.6) is 11.5 Å². The van der Waals surface area contributed by atoms with Crippen molar-refractivity contribution < 1.29 is 14.3 Å². The van der Waals surface area contributed by atoms with E-state index in [1.165, 1.54) is 0 Å². The lowest BCUT2D eigenvalue weighted by molar-refractivity contribution is -0.126. The highest BCUT2D eigenvalue weighted by Crippen LogP contribution is 2.29. The van der Waals surface area contributed by atoms with E-state index >= 15 is 0 Å². The van der Waals surface area contributed by atoms with Gasteiger partial charge in [-0.2, -0.15) is 0 Å². The number of benzene rings is 1. The summed E-state index contributed by atoms with van der Waals surface area (Å²) in [6, 6.07) is 5.71. The second-order valence-electron chi connectivity index (χ2n) is 4.14. The highest BCUT2D eigenvalue weighted by Gasteiger charge is 2.15. The first-order valence-corrected chi connectivity index (χ1v) is 6.38. The number of nitrogens with one attached hydrogen (secondary N) is 2. The third kappa shape index (κ3) is 4.44. The third-order valence-corrected chi connectivity index (χ3v) is 2.73. The first-order chi connectivity index (χ1) is 9.12. The Labute approximate surface area is 114 Å². The molecule has 0 radical (unpaired) electrons. The van der Waals surface area contributed by atoms with Gasteiger partial charge in [0.1, 0.15) is 0 Å². The Hall–Kier alpha value is -1.75. The molecule has 2 N–H and O–H groups in total. The van der Waals surface area contributed by atoms with E-state index < -0.39 is 6.10 Å². The molecule has 0 aliphatic carbocycles. The highest BCUT2D eigenvalue weighted by atomic mass is 16.5. The molecule has 1 aromatic rings. The zero-order valence-corrected chi connectivity index (χ0v) is 11.9. The van der Waals surface area contributed by atoms with Crippen molar-refractivity contribution in [2.75, 3.05) is 20.7 Å². The summed E-state index contributed by atoms with van der Waals surface area (Å²) in [6.07, 6.45) is -0.562. The lowest BCUT2D eigenvalue weighted by Gasteiger charge is -2.16. The molecule has 0 aliphatic rings. The van der Waals surface area contributed by atoms with Gasteiger partial charge in [0.25, 0.3) is 5.91 Å². The van der Waals surface area contributed by atoms with Gasteiger partial charge < -0.3 is 20.1 Å². The molecule has 19 heavy (non-hydrogen) atoms. The zero-order valence-electron chi connectivity index (χ0n) is 11.9. The summed E-state index contributed by atoms with van der Waals surface area (Å²) in [7, 11) is 3.16. The molecule has 0 spiro atoms. The Morgan fingerprint density at radius 3 is 2.68 bits per heavy atom. The Bertz CT molecular complexity index is 421. The summed E-state index contributed by atoms with van der Waals surface area (Å²) in [5, 5.41) is 5.80. The van der Waals surface area contributed by atoms with Crippen molar-refractivity contribution >= 4 is 5.91 Å². The molecule has 106 valence electrons. The van der Waals surface area contributed by atoms with Crippen molar-refractivity contribution in [2.45, 2.75) is 26.5 Å². The van der Waals surface area contributed by atoms with Crippen LogP contribution in [0.25, 0.3) is 0 Å². The average Bonchev–Trinajstić information content (AvgIpc) is 2.44. The van der Waals surface area contributed by atoms with E-state index in [0.717, 1.165) is 18.7 Å². The molecule has 0 aromatic heterocycles. The maximum Gasteiger partial charge on any atom is 0.260 e. The molecule has 1 atom stereocenters. The van der Waals surface area contributed by atoms with Crippen LogP contribution in [0.15, 0.2) is 18.2 Å². The molecule has 0 bridgehead atoms. The van der Waals surface area contributed by atoms with Crippen molar-refractivity contribution in [2.24, 2.45) is 0 Å². The molecule has 0 saturated carbocycles. The molecule has 1 unspecified atom stereocenters. The molecule has 5 nitrogen and oxygen atoms in total. The lowest BCUT2D eigenvalue weighted by Crippen LogP contribution is -2.33. The minimum absolute atomic E-state index is 0.167. The summed E-state index contributed by atoms with van der Waals surface area (Å²) in [5.41, 5.74) is 1.08. The van der Waals surface area contributed by atoms with Gasteiger partial charge in [-0.25, -0.2) is 0 Å². The molecule has 1 amide bonds. The molecule has 0 fully saturated rings. The van der Waals surface area contributed by atoms with Crippen LogP contribution in [0.2, 0.25) is 0 Å². The number of carbonyl (C=O) groups is 1. The Morgan fingerprint density at radius 2 is 2.11 bits per heavy atom. The van der Waals surface area contributed by atoms with Crippen LogP contribution in [0.1, 0.15) is 19.4 Å². The molecule has 5 heteroatoms. The minimum Gasteiger partial charge on any atom is -0.493 e. The fraction of sp³-hybridized carbons (Fsp3) is 0.500. The van der Waals surface area contributed by atoms with Gasteiger partial charge in [-0.05, 0) is 31.2 Å². The average molecular weight is 266 g/mol. The summed E-state index contributed by atoms with van der Waals surface area (Å²) in [5.74, 6) is 1.03. The van der Waals surface area contributed by atoms with E-state index in [2.05, 4.69) is 17.6 Å². The van der Waals surface area contributed by atoms with Crippen LogP contribution < -0.4 is 20.1 Å². The van der Waals surface area contributed by atoms with E-state index in [0.29, 0.717) is 11.5 Å². The van der Waals surface area contributed by atoms with Gasteiger partial charge in [0.15, 0.2) is 17.6 Å². The van der Waals surface area contributed by atoms with Gasteiger partial charge in [0.2, 0.25) is 0 Å². The number of hydrogen-bond acceptors (Lipinski definition) is 4. The van der Waals surface area contributed by atoms with Crippen LogP contribution in [0.3, 0.4) is 0 Å². The van der Waals surface area contributed by atoms with Gasteiger partial charge >= 0.3 is 0 Å². The quantitative estimate of drug-likeness (QED) is 0.781. The maximum absolute atomic E-state index is 11.5. The van der Waals surface area contributed by atoms with Gasteiger partial charge in [-0.15, -0.1) is 0 Å². The first kappa shape index (κ1) is 15.3. The monoisotopic (exact) mass is 266 g/mol. The number of carbonyl (C=O) groups excluding carboxylic acids is 1. The van der Waals surface area contributed by atoms with E-state index in [1.807, 2.05) is 18.2 Å². The van der Waals surface area contributed by atoms with Crippen molar-refractivity contribution in [3.05, 3.63) is 23.8 Å². The normalized spacial score (nSPS) is 11.8. The van der Waals surface area contributed by atoms with Gasteiger partial charge in [-0.3, -0.25) is 4.79 Å². The van der Waals surface area contributed by atoms with Crippen molar-refractivity contribution in [1.82, 2.24) is 10.6 Å². The largest absolute Gasteiger partial charge is 0.493 e. The molecular formula is C14H22N2O3. The van der Waals surface area contributed by atoms with Crippen molar-refractivity contribution in [3.63, 3.8) is 0 Å². The van der Waals surface area contributed by atoms with Crippen LogP contribution >= 0.6 is 0 Å². The number of likely N-dealkylation sites (N-methyl/N-ethyl adjacent to an activating group) is 1. The Kier molecular flexibility index (Phi) is 6.15. The minimum atomic E-state index is -0.562. The number of rotatable bonds is 7. The SMILES string of the molecule is CCNCc1ccc(OC)c(OC(C)C(=O)NC)c1. The molecule has 1 rings (SSSR count). The Balaban J connectivity index is 2.86. The van der Waals surface area contributed by atoms with E-state index in [-0.39, 0.29) is 5.91 Å². The first-order valence-electron chi connectivity index (χ1n) is 6.38. The third-order valence-electron chi connectivity index (χ3n) is 2.73. The Morgan fingerprint density at radius 1 is 1.37 bits per heavy atom. The van der Waals surface area contributed by atoms with Gasteiger partial charge in [0, 0.05) is 13.6 Å². The van der Waals surface area contributed by atoms with Gasteiger partial charge in [0.05, 0.1) is 7.11 Å². The fourth-order valence-corrected chi connectivity index (χ4v) is 1.64. The predicted molar refractivity (Wildman–Crippen MR) is 74.5 cm³/mol. The smallest absolute Gasteiger partial charge is 0.260 e. The summed E-state index contributed by atoms with van der Waals surface area (Å²) in [4.78, 5) is 11.5. The second-order valence-corrected chi connectivity index (χ2v) is 4.14. The standard InChI is InChI=1S/C14H22N2O3/c1-5-16-9-11-6-7-12(18-4)13(8-11)19-10(2)14(17)15-3/h6-8,10,16H,5,9H2,1-4H3,(H,15,17). The second kappa shape index (κ2) is 7.63. The van der Waals surface area contributed by atoms with Gasteiger partial charge in [-0.1, -0.05) is 13.0 Å².